The predicted octanol–water partition coefficient (Wildman–Crippen LogP) is 0.611. The van der Waals surface area contributed by atoms with Gasteiger partial charge in [-0.25, -0.2) is 4.98 Å². The highest BCUT2D eigenvalue weighted by molar-refractivity contribution is 7.86. The van der Waals surface area contributed by atoms with E-state index in [4.69, 9.17) is 5.26 Å². The molecule has 0 aliphatic heterocycles. The van der Waals surface area contributed by atoms with Gasteiger partial charge in [0.25, 0.3) is 0 Å². The van der Waals surface area contributed by atoms with E-state index in [-0.39, 0.29) is 5.69 Å². The molecule has 1 aromatic rings. The first-order valence-electron chi connectivity index (χ1n) is 2.85. The fourth-order valence-electron chi connectivity index (χ4n) is 0.624. The first-order valence-corrected chi connectivity index (χ1v) is 4.23. The number of halogens is 1. The van der Waals surface area contributed by atoms with Crippen molar-refractivity contribution in [2.24, 2.45) is 0 Å². The smallest absolute Gasteiger partial charge is 0.245 e. The van der Waals surface area contributed by atoms with Gasteiger partial charge in [-0.15, -0.1) is 3.89 Å². The molecule has 12 heavy (non-hydrogen) atoms. The molecular formula is C6H3FN2O2S. The summed E-state index contributed by atoms with van der Waals surface area (Å²) >= 11 is 0. The molecule has 0 bridgehead atoms. The van der Waals surface area contributed by atoms with Gasteiger partial charge in [-0.2, -0.15) is 13.7 Å². The van der Waals surface area contributed by atoms with E-state index in [0.29, 0.717) is 0 Å². The van der Waals surface area contributed by atoms with Crippen LogP contribution in [0, 0.1) is 11.3 Å². The Kier molecular flexibility index (Phi) is 2.06. The Labute approximate surface area is 68.5 Å². The van der Waals surface area contributed by atoms with Gasteiger partial charge in [0, 0.05) is 6.20 Å². The summed E-state index contributed by atoms with van der Waals surface area (Å²) in [5.41, 5.74) is -0.131. The van der Waals surface area contributed by atoms with Gasteiger partial charge in [0.1, 0.15) is 16.7 Å². The van der Waals surface area contributed by atoms with Gasteiger partial charge in [-0.05, 0) is 12.1 Å². The van der Waals surface area contributed by atoms with E-state index in [1.54, 1.807) is 6.07 Å². The summed E-state index contributed by atoms with van der Waals surface area (Å²) < 4.78 is 32.9. The lowest BCUT2D eigenvalue weighted by molar-refractivity contribution is 0.552. The van der Waals surface area contributed by atoms with Crippen molar-refractivity contribution in [3.05, 3.63) is 24.0 Å². The van der Waals surface area contributed by atoms with Crippen LogP contribution < -0.4 is 0 Å². The maximum Gasteiger partial charge on any atom is 0.332 e. The topological polar surface area (TPSA) is 70.8 Å². The van der Waals surface area contributed by atoms with Gasteiger partial charge in [0.15, 0.2) is 0 Å². The normalized spacial score (nSPS) is 10.7. The van der Waals surface area contributed by atoms with Crippen molar-refractivity contribution in [2.75, 3.05) is 0 Å². The summed E-state index contributed by atoms with van der Waals surface area (Å²) in [5.74, 6) is 0. The minimum Gasteiger partial charge on any atom is -0.245 e. The minimum absolute atomic E-state index is 0.131. The largest absolute Gasteiger partial charge is 0.332 e. The summed E-state index contributed by atoms with van der Waals surface area (Å²) in [6.07, 6.45) is 1.06. The Hall–Kier alpha value is -1.48. The lowest BCUT2D eigenvalue weighted by Gasteiger charge is -1.92. The summed E-state index contributed by atoms with van der Waals surface area (Å²) in [6, 6.07) is 3.45. The van der Waals surface area contributed by atoms with Gasteiger partial charge in [-0.1, -0.05) is 0 Å². The molecule has 0 atom stereocenters. The number of nitrogens with zero attached hydrogens (tertiary/aromatic N) is 2. The highest BCUT2D eigenvalue weighted by atomic mass is 32.3. The fourth-order valence-corrected chi connectivity index (χ4v) is 1.10. The van der Waals surface area contributed by atoms with Crippen molar-refractivity contribution in [2.45, 2.75) is 4.90 Å². The van der Waals surface area contributed by atoms with E-state index >= 15 is 0 Å². The van der Waals surface area contributed by atoms with Crippen LogP contribution in [0.5, 0.6) is 0 Å². The number of aromatic nitrogens is 1. The molecule has 0 aliphatic carbocycles. The van der Waals surface area contributed by atoms with Gasteiger partial charge in [-0.3, -0.25) is 0 Å². The molecule has 0 aliphatic rings. The second-order valence-electron chi connectivity index (χ2n) is 1.93. The minimum atomic E-state index is -4.73. The molecule has 1 heterocycles. The SMILES string of the molecule is N#Cc1cc(S(=O)(=O)F)ccn1. The van der Waals surface area contributed by atoms with Crippen molar-refractivity contribution >= 4 is 10.2 Å². The van der Waals surface area contributed by atoms with Crippen LogP contribution in [0.3, 0.4) is 0 Å². The highest BCUT2D eigenvalue weighted by Crippen LogP contribution is 2.11. The number of hydrogen-bond donors (Lipinski definition) is 0. The number of pyridine rings is 1. The summed E-state index contributed by atoms with van der Waals surface area (Å²) in [4.78, 5) is 2.93. The molecular weight excluding hydrogens is 183 g/mol. The van der Waals surface area contributed by atoms with Crippen molar-refractivity contribution in [3.63, 3.8) is 0 Å². The zero-order valence-electron chi connectivity index (χ0n) is 5.73. The third-order valence-corrected chi connectivity index (χ3v) is 1.94. The van der Waals surface area contributed by atoms with Crippen LogP contribution in [-0.4, -0.2) is 13.4 Å². The zero-order valence-corrected chi connectivity index (χ0v) is 6.55. The molecule has 0 spiro atoms. The lowest BCUT2D eigenvalue weighted by Crippen LogP contribution is -1.93. The van der Waals surface area contributed by atoms with Gasteiger partial charge >= 0.3 is 10.2 Å². The standard InChI is InChI=1S/C6H3FN2O2S/c7-12(10,11)6-1-2-9-5(3-6)4-8/h1-3H. The van der Waals surface area contributed by atoms with Crippen molar-refractivity contribution in [3.8, 4) is 6.07 Å². The van der Waals surface area contributed by atoms with E-state index in [1.807, 2.05) is 0 Å². The molecule has 6 heteroatoms. The third-order valence-electron chi connectivity index (χ3n) is 1.13. The molecule has 0 saturated carbocycles. The van der Waals surface area contributed by atoms with E-state index in [9.17, 15) is 12.3 Å². The molecule has 4 nitrogen and oxygen atoms in total. The second-order valence-corrected chi connectivity index (χ2v) is 3.27. The monoisotopic (exact) mass is 186 g/mol. The van der Waals surface area contributed by atoms with Gasteiger partial charge < -0.3 is 0 Å². The Balaban J connectivity index is 3.32. The molecule has 0 saturated heterocycles. The molecule has 0 amide bonds. The maximum atomic E-state index is 12.3. The third kappa shape index (κ3) is 1.77. The zero-order chi connectivity index (χ0) is 9.19. The summed E-state index contributed by atoms with van der Waals surface area (Å²) in [6.45, 7) is 0. The van der Waals surface area contributed by atoms with E-state index in [0.717, 1.165) is 18.3 Å². The number of nitriles is 1. The predicted molar refractivity (Wildman–Crippen MR) is 37.2 cm³/mol. The lowest BCUT2D eigenvalue weighted by atomic mass is 10.4. The average molecular weight is 186 g/mol. The Morgan fingerprint density at radius 3 is 2.75 bits per heavy atom. The molecule has 1 aromatic heterocycles. The molecule has 0 N–H and O–H groups in total. The molecule has 0 fully saturated rings. The molecule has 0 unspecified atom stereocenters. The van der Waals surface area contributed by atoms with Crippen LogP contribution >= 0.6 is 0 Å². The van der Waals surface area contributed by atoms with E-state index < -0.39 is 15.1 Å². The van der Waals surface area contributed by atoms with Gasteiger partial charge in [0.05, 0.1) is 0 Å². The van der Waals surface area contributed by atoms with E-state index in [1.165, 1.54) is 0 Å². The second kappa shape index (κ2) is 2.87. The quantitative estimate of drug-likeness (QED) is 0.602. The first kappa shape index (κ1) is 8.62. The molecule has 1 rings (SSSR count). The van der Waals surface area contributed by atoms with Crippen LogP contribution in [-0.2, 0) is 10.2 Å². The highest BCUT2D eigenvalue weighted by Gasteiger charge is 2.11. The van der Waals surface area contributed by atoms with Crippen molar-refractivity contribution in [1.82, 2.24) is 4.98 Å². The summed E-state index contributed by atoms with van der Waals surface area (Å²) in [5, 5.41) is 8.30. The van der Waals surface area contributed by atoms with Crippen LogP contribution in [0.2, 0.25) is 0 Å². The Bertz CT molecular complexity index is 435. The first-order chi connectivity index (χ1) is 5.54. The molecule has 0 aromatic carbocycles. The summed E-state index contributed by atoms with van der Waals surface area (Å²) in [7, 11) is -4.73. The number of rotatable bonds is 1. The van der Waals surface area contributed by atoms with Crippen molar-refractivity contribution < 1.29 is 12.3 Å². The van der Waals surface area contributed by atoms with Crippen molar-refractivity contribution in [1.29, 1.82) is 5.26 Å². The molecule has 0 radical (unpaired) electrons. The molecule has 62 valence electrons. The maximum absolute atomic E-state index is 12.3. The van der Waals surface area contributed by atoms with Crippen LogP contribution in [0.15, 0.2) is 23.2 Å². The number of hydrogen-bond acceptors (Lipinski definition) is 4. The Morgan fingerprint density at radius 1 is 1.58 bits per heavy atom. The average Bonchev–Trinajstić information content (AvgIpc) is 2.03. The van der Waals surface area contributed by atoms with Crippen LogP contribution in [0.4, 0.5) is 3.89 Å². The van der Waals surface area contributed by atoms with Crippen LogP contribution in [0.1, 0.15) is 5.69 Å². The Morgan fingerprint density at radius 2 is 2.25 bits per heavy atom. The van der Waals surface area contributed by atoms with Crippen LogP contribution in [0.25, 0.3) is 0 Å². The fraction of sp³-hybridized carbons (Fsp3) is 0. The van der Waals surface area contributed by atoms with Gasteiger partial charge in [0.2, 0.25) is 0 Å². The van der Waals surface area contributed by atoms with E-state index in [2.05, 4.69) is 4.98 Å².